The van der Waals surface area contributed by atoms with Crippen LogP contribution in [0.25, 0.3) is 0 Å². The van der Waals surface area contributed by atoms with Crippen LogP contribution in [0.2, 0.25) is 0 Å². The maximum absolute atomic E-state index is 11.8. The molecule has 1 atom stereocenters. The van der Waals surface area contributed by atoms with Gasteiger partial charge in [-0.1, -0.05) is 18.3 Å². The average Bonchev–Trinajstić information content (AvgIpc) is 2.77. The number of nitrogens with zero attached hydrogens (tertiary/aromatic N) is 2. The van der Waals surface area contributed by atoms with Gasteiger partial charge < -0.3 is 9.64 Å². The first-order valence-corrected chi connectivity index (χ1v) is 6.81. The minimum Gasteiger partial charge on any atom is -0.372 e. The van der Waals surface area contributed by atoms with E-state index in [-0.39, 0.29) is 12.0 Å². The molecule has 2 aliphatic heterocycles. The van der Waals surface area contributed by atoms with Crippen molar-refractivity contribution in [1.82, 2.24) is 9.80 Å². The van der Waals surface area contributed by atoms with E-state index in [2.05, 4.69) is 16.7 Å². The van der Waals surface area contributed by atoms with Crippen LogP contribution in [0.4, 0.5) is 0 Å². The number of rotatable bonds is 3. The Kier molecular flexibility index (Phi) is 5.03. The van der Waals surface area contributed by atoms with Gasteiger partial charge in [-0.05, 0) is 25.9 Å². The van der Waals surface area contributed by atoms with Crippen molar-refractivity contribution >= 4 is 5.91 Å². The van der Waals surface area contributed by atoms with Crippen LogP contribution in [-0.4, -0.2) is 61.6 Å². The fourth-order valence-electron chi connectivity index (χ4n) is 2.52. The molecule has 0 radical (unpaired) electrons. The first kappa shape index (κ1) is 13.4. The second-order valence-corrected chi connectivity index (χ2v) is 4.96. The Morgan fingerprint density at radius 3 is 2.56 bits per heavy atom. The summed E-state index contributed by atoms with van der Waals surface area (Å²) in [6.45, 7) is 4.50. The Bertz CT molecular complexity index is 339. The molecule has 4 heteroatoms. The lowest BCUT2D eigenvalue weighted by Crippen LogP contribution is -2.31. The lowest BCUT2D eigenvalue weighted by Gasteiger charge is -2.23. The molecule has 0 aromatic rings. The summed E-state index contributed by atoms with van der Waals surface area (Å²) in [5, 5.41) is 0. The Balaban J connectivity index is 1.70. The molecule has 2 rings (SSSR count). The molecule has 0 aromatic heterocycles. The van der Waals surface area contributed by atoms with Crippen molar-refractivity contribution in [3.63, 3.8) is 0 Å². The number of likely N-dealkylation sites (tertiary alicyclic amines) is 2. The highest BCUT2D eigenvalue weighted by Gasteiger charge is 2.30. The molecule has 0 N–H and O–H groups in total. The first-order chi connectivity index (χ1) is 8.81. The largest absolute Gasteiger partial charge is 0.372 e. The second-order valence-electron chi connectivity index (χ2n) is 4.96. The Hall–Kier alpha value is -1.05. The Labute approximate surface area is 109 Å². The number of hydrogen-bond donors (Lipinski definition) is 0. The maximum Gasteiger partial charge on any atom is 0.252 e. The van der Waals surface area contributed by atoms with Crippen LogP contribution in [-0.2, 0) is 9.53 Å². The molecule has 2 heterocycles. The van der Waals surface area contributed by atoms with Crippen molar-refractivity contribution in [3.8, 4) is 11.8 Å². The van der Waals surface area contributed by atoms with Gasteiger partial charge in [-0.25, -0.2) is 0 Å². The van der Waals surface area contributed by atoms with Gasteiger partial charge in [0.2, 0.25) is 0 Å². The van der Waals surface area contributed by atoms with E-state index < -0.39 is 0 Å². The lowest BCUT2D eigenvalue weighted by atomic mass is 10.1. The van der Waals surface area contributed by atoms with E-state index in [1.165, 1.54) is 32.4 Å². The minimum absolute atomic E-state index is 0.0878. The average molecular weight is 250 g/mol. The summed E-state index contributed by atoms with van der Waals surface area (Å²) in [7, 11) is 1.59. The van der Waals surface area contributed by atoms with Crippen LogP contribution in [0.1, 0.15) is 25.7 Å². The summed E-state index contributed by atoms with van der Waals surface area (Å²) in [6, 6.07) is 0. The van der Waals surface area contributed by atoms with Crippen LogP contribution in [0.5, 0.6) is 0 Å². The molecular formula is C14H22N2O2. The molecule has 0 saturated carbocycles. The van der Waals surface area contributed by atoms with E-state index in [0.717, 1.165) is 19.5 Å². The number of methoxy groups -OCH3 is 1. The summed E-state index contributed by atoms with van der Waals surface area (Å²) in [5.74, 6) is 6.37. The molecule has 1 amide bonds. The van der Waals surface area contributed by atoms with Gasteiger partial charge in [0.25, 0.3) is 5.91 Å². The van der Waals surface area contributed by atoms with Crippen LogP contribution in [0, 0.1) is 11.8 Å². The van der Waals surface area contributed by atoms with Crippen molar-refractivity contribution in [2.75, 3.05) is 39.8 Å². The van der Waals surface area contributed by atoms with Gasteiger partial charge in [0.15, 0.2) is 0 Å². The predicted octanol–water partition coefficient (Wildman–Crippen LogP) is 0.723. The zero-order chi connectivity index (χ0) is 12.8. The normalized spacial score (nSPS) is 25.1. The molecule has 100 valence electrons. The van der Waals surface area contributed by atoms with Crippen molar-refractivity contribution in [1.29, 1.82) is 0 Å². The van der Waals surface area contributed by atoms with E-state index >= 15 is 0 Å². The van der Waals surface area contributed by atoms with E-state index in [1.807, 2.05) is 0 Å². The smallest absolute Gasteiger partial charge is 0.252 e. The van der Waals surface area contributed by atoms with Gasteiger partial charge in [-0.15, -0.1) is 0 Å². The number of hydrogen-bond acceptors (Lipinski definition) is 3. The van der Waals surface area contributed by atoms with E-state index in [0.29, 0.717) is 6.54 Å². The molecule has 2 fully saturated rings. The highest BCUT2D eigenvalue weighted by Crippen LogP contribution is 2.12. The third kappa shape index (κ3) is 3.47. The first-order valence-electron chi connectivity index (χ1n) is 6.81. The highest BCUT2D eigenvalue weighted by molar-refractivity contribution is 5.83. The monoisotopic (exact) mass is 250 g/mol. The van der Waals surface area contributed by atoms with Crippen LogP contribution in [0.3, 0.4) is 0 Å². The number of piperidine rings is 1. The van der Waals surface area contributed by atoms with Gasteiger partial charge >= 0.3 is 0 Å². The summed E-state index contributed by atoms with van der Waals surface area (Å²) in [4.78, 5) is 15.9. The molecule has 4 nitrogen and oxygen atoms in total. The van der Waals surface area contributed by atoms with Crippen molar-refractivity contribution in [2.24, 2.45) is 0 Å². The van der Waals surface area contributed by atoms with Gasteiger partial charge in [-0.2, -0.15) is 0 Å². The Morgan fingerprint density at radius 1 is 1.17 bits per heavy atom. The molecule has 18 heavy (non-hydrogen) atoms. The molecule has 2 aliphatic rings. The fourth-order valence-corrected chi connectivity index (χ4v) is 2.52. The standard InChI is InChI=1S/C14H22N2O2/c1-18-13-7-12-16(14(13)17)11-6-5-10-15-8-3-2-4-9-15/h13H,2-4,7-12H2,1H3. The van der Waals surface area contributed by atoms with E-state index in [1.54, 1.807) is 12.0 Å². The quantitative estimate of drug-likeness (QED) is 0.692. The zero-order valence-electron chi connectivity index (χ0n) is 11.2. The van der Waals surface area contributed by atoms with Crippen LogP contribution in [0.15, 0.2) is 0 Å². The Morgan fingerprint density at radius 2 is 1.89 bits per heavy atom. The van der Waals surface area contributed by atoms with Crippen LogP contribution >= 0.6 is 0 Å². The van der Waals surface area contributed by atoms with Crippen molar-refractivity contribution in [2.45, 2.75) is 31.8 Å². The number of carbonyl (C=O) groups excluding carboxylic acids is 1. The fraction of sp³-hybridized carbons (Fsp3) is 0.786. The molecule has 0 bridgehead atoms. The summed E-state index contributed by atoms with van der Waals surface area (Å²) < 4.78 is 5.11. The minimum atomic E-state index is -0.242. The van der Waals surface area contributed by atoms with Crippen molar-refractivity contribution < 1.29 is 9.53 Å². The van der Waals surface area contributed by atoms with Crippen LogP contribution < -0.4 is 0 Å². The van der Waals surface area contributed by atoms with E-state index in [9.17, 15) is 4.79 Å². The molecular weight excluding hydrogens is 228 g/mol. The van der Waals surface area contributed by atoms with Crippen molar-refractivity contribution in [3.05, 3.63) is 0 Å². The number of ether oxygens (including phenoxy) is 1. The summed E-state index contributed by atoms with van der Waals surface area (Å²) in [5.41, 5.74) is 0. The maximum atomic E-state index is 11.8. The third-order valence-electron chi connectivity index (χ3n) is 3.68. The van der Waals surface area contributed by atoms with Gasteiger partial charge in [0.05, 0.1) is 13.1 Å². The molecule has 2 saturated heterocycles. The highest BCUT2D eigenvalue weighted by atomic mass is 16.5. The third-order valence-corrected chi connectivity index (χ3v) is 3.68. The van der Waals surface area contributed by atoms with Gasteiger partial charge in [0, 0.05) is 20.1 Å². The lowest BCUT2D eigenvalue weighted by molar-refractivity contribution is -0.135. The number of amides is 1. The second kappa shape index (κ2) is 6.77. The molecule has 1 unspecified atom stereocenters. The van der Waals surface area contributed by atoms with Gasteiger partial charge in [-0.3, -0.25) is 9.69 Å². The predicted molar refractivity (Wildman–Crippen MR) is 70.1 cm³/mol. The van der Waals surface area contributed by atoms with Gasteiger partial charge in [0.1, 0.15) is 6.10 Å². The molecule has 0 spiro atoms. The van der Waals surface area contributed by atoms with E-state index in [4.69, 9.17) is 4.74 Å². The molecule has 0 aromatic carbocycles. The topological polar surface area (TPSA) is 32.8 Å². The summed E-state index contributed by atoms with van der Waals surface area (Å²) in [6.07, 6.45) is 4.49. The molecule has 0 aliphatic carbocycles. The summed E-state index contributed by atoms with van der Waals surface area (Å²) >= 11 is 0. The zero-order valence-corrected chi connectivity index (χ0v) is 11.2. The number of carbonyl (C=O) groups is 1. The SMILES string of the molecule is COC1CCN(CC#CCN2CCCCC2)C1=O.